The van der Waals surface area contributed by atoms with Gasteiger partial charge in [-0.25, -0.2) is 4.79 Å². The van der Waals surface area contributed by atoms with Crippen molar-refractivity contribution in [1.82, 2.24) is 9.13 Å². The van der Waals surface area contributed by atoms with E-state index in [9.17, 15) is 9.59 Å². The van der Waals surface area contributed by atoms with Crippen LogP contribution in [-0.2, 0) is 20.0 Å². The molecule has 0 aliphatic carbocycles. The monoisotopic (exact) mass is 197 g/mol. The van der Waals surface area contributed by atoms with Gasteiger partial charge in [0.05, 0.1) is 5.56 Å². The molecule has 2 N–H and O–H groups in total. The maximum atomic E-state index is 11.6. The minimum atomic E-state index is -0.354. The van der Waals surface area contributed by atoms with E-state index in [4.69, 9.17) is 5.73 Å². The molecule has 0 unspecified atom stereocenters. The van der Waals surface area contributed by atoms with Gasteiger partial charge in [-0.15, -0.1) is 0 Å². The van der Waals surface area contributed by atoms with Crippen LogP contribution in [0, 0.1) is 0 Å². The van der Waals surface area contributed by atoms with Gasteiger partial charge in [-0.2, -0.15) is 0 Å². The van der Waals surface area contributed by atoms with Crippen LogP contribution < -0.4 is 17.0 Å². The summed E-state index contributed by atoms with van der Waals surface area (Å²) in [5.41, 5.74) is 5.59. The van der Waals surface area contributed by atoms with Crippen molar-refractivity contribution in [2.45, 2.75) is 26.8 Å². The SMILES string of the molecule is CCc1c(N)n(CC)c(=O)n(C)c1=O. The Morgan fingerprint density at radius 2 is 1.86 bits per heavy atom. The molecule has 0 saturated carbocycles. The third kappa shape index (κ3) is 1.34. The van der Waals surface area contributed by atoms with Gasteiger partial charge in [0.15, 0.2) is 0 Å². The highest BCUT2D eigenvalue weighted by atomic mass is 16.2. The van der Waals surface area contributed by atoms with Crippen molar-refractivity contribution in [3.05, 3.63) is 26.4 Å². The molecule has 1 heterocycles. The molecule has 0 saturated heterocycles. The summed E-state index contributed by atoms with van der Waals surface area (Å²) in [7, 11) is 1.47. The minimum absolute atomic E-state index is 0.292. The fourth-order valence-corrected chi connectivity index (χ4v) is 1.48. The maximum Gasteiger partial charge on any atom is 0.332 e. The number of nitrogens with zero attached hydrogens (tertiary/aromatic N) is 2. The standard InChI is InChI=1S/C9H15N3O2/c1-4-6-7(10)12(5-2)9(14)11(3)8(6)13/h4-5,10H2,1-3H3. The molecule has 0 aliphatic heterocycles. The highest BCUT2D eigenvalue weighted by molar-refractivity contribution is 5.38. The van der Waals surface area contributed by atoms with Gasteiger partial charge in [0.2, 0.25) is 0 Å². The second kappa shape index (κ2) is 3.69. The lowest BCUT2D eigenvalue weighted by molar-refractivity contribution is 0.628. The van der Waals surface area contributed by atoms with Gasteiger partial charge in [-0.1, -0.05) is 6.92 Å². The van der Waals surface area contributed by atoms with E-state index in [-0.39, 0.29) is 11.2 Å². The highest BCUT2D eigenvalue weighted by Crippen LogP contribution is 2.03. The van der Waals surface area contributed by atoms with Gasteiger partial charge >= 0.3 is 5.69 Å². The first-order valence-corrected chi connectivity index (χ1v) is 4.62. The zero-order valence-electron chi connectivity index (χ0n) is 8.70. The van der Waals surface area contributed by atoms with E-state index < -0.39 is 0 Å². The van der Waals surface area contributed by atoms with E-state index in [2.05, 4.69) is 0 Å². The van der Waals surface area contributed by atoms with Crippen LogP contribution in [0.5, 0.6) is 0 Å². The number of aromatic nitrogens is 2. The van der Waals surface area contributed by atoms with E-state index in [1.54, 1.807) is 0 Å². The minimum Gasteiger partial charge on any atom is -0.385 e. The molecule has 78 valence electrons. The van der Waals surface area contributed by atoms with E-state index in [0.717, 1.165) is 4.57 Å². The number of nitrogens with two attached hydrogens (primary N) is 1. The first kappa shape index (κ1) is 10.6. The summed E-state index contributed by atoms with van der Waals surface area (Å²) in [6.45, 7) is 4.14. The molecule has 0 amide bonds. The summed E-state index contributed by atoms with van der Waals surface area (Å²) >= 11 is 0. The van der Waals surface area contributed by atoms with Crippen LogP contribution in [-0.4, -0.2) is 9.13 Å². The second-order valence-electron chi connectivity index (χ2n) is 3.11. The average Bonchev–Trinajstić information content (AvgIpc) is 2.16. The predicted molar refractivity (Wildman–Crippen MR) is 55.4 cm³/mol. The van der Waals surface area contributed by atoms with Gasteiger partial charge in [0, 0.05) is 13.6 Å². The molecule has 0 bridgehead atoms. The number of hydrogen-bond donors (Lipinski definition) is 1. The molecule has 1 rings (SSSR count). The summed E-state index contributed by atoms with van der Waals surface area (Å²) < 4.78 is 2.50. The summed E-state index contributed by atoms with van der Waals surface area (Å²) in [6.07, 6.45) is 0.540. The molecule has 0 radical (unpaired) electrons. The van der Waals surface area contributed by atoms with Crippen LogP contribution in [0.1, 0.15) is 19.4 Å². The van der Waals surface area contributed by atoms with Crippen LogP contribution in [0.4, 0.5) is 5.82 Å². The Morgan fingerprint density at radius 3 is 2.29 bits per heavy atom. The second-order valence-corrected chi connectivity index (χ2v) is 3.11. The molecule has 0 spiro atoms. The first-order chi connectivity index (χ1) is 6.54. The first-order valence-electron chi connectivity index (χ1n) is 4.62. The Morgan fingerprint density at radius 1 is 1.29 bits per heavy atom. The van der Waals surface area contributed by atoms with Crippen molar-refractivity contribution in [2.24, 2.45) is 7.05 Å². The van der Waals surface area contributed by atoms with Crippen LogP contribution >= 0.6 is 0 Å². The Bertz CT molecular complexity index is 417. The molecule has 1 aromatic heterocycles. The quantitative estimate of drug-likeness (QED) is 0.708. The molecule has 5 nitrogen and oxygen atoms in total. The highest BCUT2D eigenvalue weighted by Gasteiger charge is 2.11. The largest absolute Gasteiger partial charge is 0.385 e. The predicted octanol–water partition coefficient (Wildman–Crippen LogP) is -0.288. The van der Waals surface area contributed by atoms with Crippen LogP contribution in [0.2, 0.25) is 0 Å². The van der Waals surface area contributed by atoms with E-state index in [1.807, 2.05) is 13.8 Å². The molecular weight excluding hydrogens is 182 g/mol. The fraction of sp³-hybridized carbons (Fsp3) is 0.556. The van der Waals surface area contributed by atoms with Gasteiger partial charge < -0.3 is 5.73 Å². The molecule has 5 heteroatoms. The van der Waals surface area contributed by atoms with Crippen molar-refractivity contribution >= 4 is 5.82 Å². The molecule has 0 fully saturated rings. The van der Waals surface area contributed by atoms with Crippen molar-refractivity contribution in [2.75, 3.05) is 5.73 Å². The Balaban J connectivity index is 3.74. The van der Waals surface area contributed by atoms with E-state index >= 15 is 0 Å². The fourth-order valence-electron chi connectivity index (χ4n) is 1.48. The molecule has 0 aliphatic rings. The van der Waals surface area contributed by atoms with Crippen LogP contribution in [0.25, 0.3) is 0 Å². The van der Waals surface area contributed by atoms with Crippen molar-refractivity contribution in [3.63, 3.8) is 0 Å². The number of hydrogen-bond acceptors (Lipinski definition) is 3. The van der Waals surface area contributed by atoms with Gasteiger partial charge in [-0.3, -0.25) is 13.9 Å². The van der Waals surface area contributed by atoms with E-state index in [0.29, 0.717) is 24.3 Å². The smallest absolute Gasteiger partial charge is 0.332 e. The van der Waals surface area contributed by atoms with Crippen LogP contribution in [0.3, 0.4) is 0 Å². The van der Waals surface area contributed by atoms with Gasteiger partial charge in [0.1, 0.15) is 5.82 Å². The van der Waals surface area contributed by atoms with Crippen molar-refractivity contribution in [3.8, 4) is 0 Å². The van der Waals surface area contributed by atoms with Crippen molar-refractivity contribution in [1.29, 1.82) is 0 Å². The Kier molecular flexibility index (Phi) is 2.78. The van der Waals surface area contributed by atoms with Crippen LogP contribution in [0.15, 0.2) is 9.59 Å². The third-order valence-corrected chi connectivity index (χ3v) is 2.35. The Labute approximate surface area is 81.8 Å². The van der Waals surface area contributed by atoms with Crippen molar-refractivity contribution < 1.29 is 0 Å². The summed E-state index contributed by atoms with van der Waals surface area (Å²) in [5.74, 6) is 0.295. The number of nitrogen functional groups attached to an aromatic ring is 1. The summed E-state index contributed by atoms with van der Waals surface area (Å²) in [5, 5.41) is 0. The van der Waals surface area contributed by atoms with E-state index in [1.165, 1.54) is 11.6 Å². The lowest BCUT2D eigenvalue weighted by Crippen LogP contribution is -2.41. The summed E-state index contributed by atoms with van der Waals surface area (Å²) in [6, 6.07) is 0. The topological polar surface area (TPSA) is 70.0 Å². The molecule has 0 aromatic carbocycles. The lowest BCUT2D eigenvalue weighted by Gasteiger charge is -2.11. The molecule has 14 heavy (non-hydrogen) atoms. The zero-order chi connectivity index (χ0) is 10.9. The molecular formula is C9H15N3O2. The van der Waals surface area contributed by atoms with Gasteiger partial charge in [0.25, 0.3) is 5.56 Å². The maximum absolute atomic E-state index is 11.6. The number of anilines is 1. The number of rotatable bonds is 2. The lowest BCUT2D eigenvalue weighted by atomic mass is 10.2. The average molecular weight is 197 g/mol. The third-order valence-electron chi connectivity index (χ3n) is 2.35. The molecule has 1 aromatic rings. The normalized spacial score (nSPS) is 10.5. The van der Waals surface area contributed by atoms with Gasteiger partial charge in [-0.05, 0) is 13.3 Å². The Hall–Kier alpha value is -1.52. The molecule has 0 atom stereocenters. The zero-order valence-corrected chi connectivity index (χ0v) is 8.70. The summed E-state index contributed by atoms with van der Waals surface area (Å²) in [4.78, 5) is 23.1.